The summed E-state index contributed by atoms with van der Waals surface area (Å²) in [6.07, 6.45) is 1.14. The van der Waals surface area contributed by atoms with E-state index in [0.717, 1.165) is 24.1 Å². The van der Waals surface area contributed by atoms with Gasteiger partial charge in [0.25, 0.3) is 0 Å². The van der Waals surface area contributed by atoms with Crippen LogP contribution in [0.25, 0.3) is 0 Å². The van der Waals surface area contributed by atoms with Gasteiger partial charge in [0.2, 0.25) is 0 Å². The van der Waals surface area contributed by atoms with Crippen LogP contribution in [0.2, 0.25) is 0 Å². The molecule has 2 heteroatoms. The zero-order valence-electron chi connectivity index (χ0n) is 11.4. The number of hydrogen-bond acceptors (Lipinski definition) is 2. The fraction of sp³-hybridized carbons (Fsp3) is 0.533. The normalized spacial score (nSPS) is 11.2. The Balaban J connectivity index is 2.49. The van der Waals surface area contributed by atoms with Crippen LogP contribution in [-0.4, -0.2) is 30.8 Å². The van der Waals surface area contributed by atoms with Crippen molar-refractivity contribution in [2.45, 2.75) is 27.2 Å². The van der Waals surface area contributed by atoms with Crippen LogP contribution in [-0.2, 0) is 0 Å². The minimum Gasteiger partial charge on any atom is -0.299 e. The van der Waals surface area contributed by atoms with Crippen LogP contribution in [0.3, 0.4) is 0 Å². The van der Waals surface area contributed by atoms with E-state index in [0.29, 0.717) is 12.5 Å². The quantitative estimate of drug-likeness (QED) is 0.703. The van der Waals surface area contributed by atoms with Gasteiger partial charge in [-0.25, -0.2) is 0 Å². The molecule has 0 radical (unpaired) electrons. The molecule has 1 aromatic rings. The predicted octanol–water partition coefficient (Wildman–Crippen LogP) is 3.16. The Bertz CT molecular complexity index is 371. The number of aryl methyl sites for hydroxylation is 1. The molecule has 1 aromatic carbocycles. The molecule has 2 nitrogen and oxygen atoms in total. The molecule has 0 fully saturated rings. The number of nitrogens with zero attached hydrogens (tertiary/aromatic N) is 1. The maximum atomic E-state index is 12.0. The van der Waals surface area contributed by atoms with Crippen molar-refractivity contribution in [2.24, 2.45) is 5.92 Å². The smallest absolute Gasteiger partial charge is 0.176 e. The molecule has 0 spiro atoms. The molecular formula is C15H23NO. The molecule has 0 bridgehead atoms. The van der Waals surface area contributed by atoms with E-state index in [2.05, 4.69) is 18.7 Å². The highest BCUT2D eigenvalue weighted by Crippen LogP contribution is 2.06. The second kappa shape index (κ2) is 6.55. The number of carbonyl (C=O) groups is 1. The summed E-state index contributed by atoms with van der Waals surface area (Å²) < 4.78 is 0. The van der Waals surface area contributed by atoms with Gasteiger partial charge in [0.05, 0.1) is 6.54 Å². The van der Waals surface area contributed by atoms with Crippen LogP contribution in [0.1, 0.15) is 36.2 Å². The van der Waals surface area contributed by atoms with Gasteiger partial charge in [0, 0.05) is 5.56 Å². The Labute approximate surface area is 105 Å². The molecule has 0 unspecified atom stereocenters. The van der Waals surface area contributed by atoms with Gasteiger partial charge >= 0.3 is 0 Å². The van der Waals surface area contributed by atoms with Gasteiger partial charge in [-0.1, -0.05) is 37.6 Å². The Hall–Kier alpha value is -1.15. The van der Waals surface area contributed by atoms with Gasteiger partial charge in [-0.05, 0) is 38.9 Å². The molecule has 0 aromatic heterocycles. The number of carbonyl (C=O) groups excluding carboxylic acids is 1. The molecule has 0 aliphatic heterocycles. The summed E-state index contributed by atoms with van der Waals surface area (Å²) in [7, 11) is 2.01. The minimum atomic E-state index is 0.208. The van der Waals surface area contributed by atoms with Crippen molar-refractivity contribution in [1.82, 2.24) is 4.90 Å². The fourth-order valence-corrected chi connectivity index (χ4v) is 1.71. The second-order valence-electron chi connectivity index (χ2n) is 5.21. The summed E-state index contributed by atoms with van der Waals surface area (Å²) in [5.41, 5.74) is 1.96. The molecule has 0 heterocycles. The average Bonchev–Trinajstić information content (AvgIpc) is 2.26. The highest BCUT2D eigenvalue weighted by molar-refractivity contribution is 5.97. The summed E-state index contributed by atoms with van der Waals surface area (Å²) in [6.45, 7) is 7.91. The van der Waals surface area contributed by atoms with Gasteiger partial charge in [0.1, 0.15) is 0 Å². The monoisotopic (exact) mass is 233 g/mol. The largest absolute Gasteiger partial charge is 0.299 e. The number of hydrogen-bond donors (Lipinski definition) is 0. The molecular weight excluding hydrogens is 210 g/mol. The van der Waals surface area contributed by atoms with Crippen LogP contribution in [0.4, 0.5) is 0 Å². The Morgan fingerprint density at radius 2 is 2.06 bits per heavy atom. The number of ketones is 1. The SMILES string of the molecule is Cc1cccc(C(=O)CN(C)CCC(C)C)c1. The van der Waals surface area contributed by atoms with Gasteiger partial charge in [-0.2, -0.15) is 0 Å². The van der Waals surface area contributed by atoms with Crippen LogP contribution < -0.4 is 0 Å². The molecule has 0 amide bonds. The first-order valence-electron chi connectivity index (χ1n) is 6.27. The summed E-state index contributed by atoms with van der Waals surface area (Å²) in [4.78, 5) is 14.1. The first-order chi connectivity index (χ1) is 7.99. The minimum absolute atomic E-state index is 0.208. The van der Waals surface area contributed by atoms with E-state index in [1.54, 1.807) is 0 Å². The van der Waals surface area contributed by atoms with Crippen LogP contribution >= 0.6 is 0 Å². The summed E-state index contributed by atoms with van der Waals surface area (Å²) in [5, 5.41) is 0. The summed E-state index contributed by atoms with van der Waals surface area (Å²) in [5.74, 6) is 0.895. The Kier molecular flexibility index (Phi) is 5.36. The Morgan fingerprint density at radius 3 is 2.65 bits per heavy atom. The molecule has 94 valence electrons. The standard InChI is InChI=1S/C15H23NO/c1-12(2)8-9-16(4)11-15(17)14-7-5-6-13(3)10-14/h5-7,10,12H,8-9,11H2,1-4H3. The van der Waals surface area contributed by atoms with E-state index in [4.69, 9.17) is 0 Å². The Morgan fingerprint density at radius 1 is 1.35 bits per heavy atom. The molecule has 0 N–H and O–H groups in total. The molecule has 0 aliphatic rings. The maximum Gasteiger partial charge on any atom is 0.176 e. The van der Waals surface area contributed by atoms with Gasteiger partial charge in [0.15, 0.2) is 5.78 Å². The van der Waals surface area contributed by atoms with E-state index in [9.17, 15) is 4.79 Å². The van der Waals surface area contributed by atoms with E-state index < -0.39 is 0 Å². The predicted molar refractivity (Wildman–Crippen MR) is 72.5 cm³/mol. The first-order valence-corrected chi connectivity index (χ1v) is 6.27. The van der Waals surface area contributed by atoms with E-state index in [-0.39, 0.29) is 5.78 Å². The molecule has 0 saturated carbocycles. The number of rotatable bonds is 6. The highest BCUT2D eigenvalue weighted by Gasteiger charge is 2.09. The molecule has 0 atom stereocenters. The lowest BCUT2D eigenvalue weighted by molar-refractivity contribution is 0.0943. The third-order valence-electron chi connectivity index (χ3n) is 2.84. The maximum absolute atomic E-state index is 12.0. The van der Waals surface area contributed by atoms with Crippen molar-refractivity contribution >= 4 is 5.78 Å². The van der Waals surface area contributed by atoms with Crippen molar-refractivity contribution in [2.75, 3.05) is 20.1 Å². The van der Waals surface area contributed by atoms with Crippen molar-refractivity contribution in [3.63, 3.8) is 0 Å². The lowest BCUT2D eigenvalue weighted by atomic mass is 10.1. The van der Waals surface area contributed by atoms with Crippen molar-refractivity contribution < 1.29 is 4.79 Å². The zero-order chi connectivity index (χ0) is 12.8. The van der Waals surface area contributed by atoms with Crippen molar-refractivity contribution in [3.05, 3.63) is 35.4 Å². The highest BCUT2D eigenvalue weighted by atomic mass is 16.1. The molecule has 1 rings (SSSR count). The number of likely N-dealkylation sites (N-methyl/N-ethyl adjacent to an activating group) is 1. The average molecular weight is 233 g/mol. The number of benzene rings is 1. The van der Waals surface area contributed by atoms with Crippen LogP contribution in [0, 0.1) is 12.8 Å². The molecule has 0 aliphatic carbocycles. The lowest BCUT2D eigenvalue weighted by Crippen LogP contribution is -2.27. The zero-order valence-corrected chi connectivity index (χ0v) is 11.4. The van der Waals surface area contributed by atoms with Gasteiger partial charge < -0.3 is 0 Å². The molecule has 0 saturated heterocycles. The fourth-order valence-electron chi connectivity index (χ4n) is 1.71. The summed E-state index contributed by atoms with van der Waals surface area (Å²) >= 11 is 0. The van der Waals surface area contributed by atoms with E-state index in [1.807, 2.05) is 38.2 Å². The first kappa shape index (κ1) is 13.9. The van der Waals surface area contributed by atoms with Crippen molar-refractivity contribution in [3.8, 4) is 0 Å². The van der Waals surface area contributed by atoms with Gasteiger partial charge in [-0.15, -0.1) is 0 Å². The van der Waals surface area contributed by atoms with Crippen LogP contribution in [0.15, 0.2) is 24.3 Å². The summed E-state index contributed by atoms with van der Waals surface area (Å²) in [6, 6.07) is 7.81. The van der Waals surface area contributed by atoms with Crippen molar-refractivity contribution in [1.29, 1.82) is 0 Å². The second-order valence-corrected chi connectivity index (χ2v) is 5.21. The van der Waals surface area contributed by atoms with E-state index in [1.165, 1.54) is 0 Å². The number of Topliss-reactive ketones (excluding diaryl/α,β-unsaturated/α-hetero) is 1. The third kappa shape index (κ3) is 5.14. The van der Waals surface area contributed by atoms with Gasteiger partial charge in [-0.3, -0.25) is 9.69 Å². The van der Waals surface area contributed by atoms with E-state index >= 15 is 0 Å². The molecule has 17 heavy (non-hydrogen) atoms. The van der Waals surface area contributed by atoms with Crippen LogP contribution in [0.5, 0.6) is 0 Å². The third-order valence-corrected chi connectivity index (χ3v) is 2.84. The topological polar surface area (TPSA) is 20.3 Å². The lowest BCUT2D eigenvalue weighted by Gasteiger charge is -2.17.